The molecule has 1 N–H and O–H groups in total. The van der Waals surface area contributed by atoms with Crippen LogP contribution in [0.4, 0.5) is 13.6 Å². The van der Waals surface area contributed by atoms with Gasteiger partial charge in [0.2, 0.25) is 6.79 Å². The van der Waals surface area contributed by atoms with Crippen LogP contribution in [0.3, 0.4) is 0 Å². The molecular weight excluding hydrogens is 366 g/mol. The zero-order chi connectivity index (χ0) is 18.5. The highest BCUT2D eigenvalue weighted by atomic mass is 32.2. The lowest BCUT2D eigenvalue weighted by molar-refractivity contribution is -0.176. The van der Waals surface area contributed by atoms with E-state index in [1.807, 2.05) is 0 Å². The molecule has 4 bridgehead atoms. The van der Waals surface area contributed by atoms with Gasteiger partial charge in [-0.25, -0.2) is 9.59 Å². The Labute approximate surface area is 142 Å². The Kier molecular flexibility index (Phi) is 4.43. The molecule has 0 aromatic rings. The second-order valence-corrected chi connectivity index (χ2v) is 8.60. The van der Waals surface area contributed by atoms with E-state index in [1.54, 1.807) is 0 Å². The van der Waals surface area contributed by atoms with E-state index in [9.17, 15) is 26.8 Å². The summed E-state index contributed by atoms with van der Waals surface area (Å²) in [6.07, 6.45) is 4.41. The van der Waals surface area contributed by atoms with Crippen LogP contribution < -0.4 is 0 Å². The van der Waals surface area contributed by atoms with Crippen molar-refractivity contribution in [2.75, 3.05) is 6.79 Å². The predicted molar refractivity (Wildman–Crippen MR) is 75.9 cm³/mol. The summed E-state index contributed by atoms with van der Waals surface area (Å²) < 4.78 is 68.6. The number of carbonyl (C=O) groups is 2. The van der Waals surface area contributed by atoms with Gasteiger partial charge >= 0.3 is 27.5 Å². The number of hydrogen-bond acceptors (Lipinski definition) is 7. The number of esters is 1. The van der Waals surface area contributed by atoms with E-state index in [2.05, 4.69) is 9.47 Å². The Morgan fingerprint density at radius 3 is 1.96 bits per heavy atom. The zero-order valence-electron chi connectivity index (χ0n) is 13.2. The van der Waals surface area contributed by atoms with Crippen LogP contribution in [-0.2, 0) is 29.1 Å². The number of halogens is 2. The summed E-state index contributed by atoms with van der Waals surface area (Å²) in [5.41, 5.74) is -0.617. The van der Waals surface area contributed by atoms with Gasteiger partial charge in [0.05, 0.1) is 0 Å². The van der Waals surface area contributed by atoms with Crippen LogP contribution in [0, 0.1) is 17.8 Å². The number of rotatable bonds is 5. The van der Waals surface area contributed by atoms with Gasteiger partial charge in [-0.2, -0.15) is 17.2 Å². The fraction of sp³-hybridized carbons (Fsp3) is 0.857. The molecule has 11 heteroatoms. The van der Waals surface area contributed by atoms with Crippen molar-refractivity contribution < 1.29 is 45.6 Å². The Bertz CT molecular complexity index is 639. The first-order valence-corrected chi connectivity index (χ1v) is 9.33. The Morgan fingerprint density at radius 1 is 1.04 bits per heavy atom. The van der Waals surface area contributed by atoms with Gasteiger partial charge in [0.25, 0.3) is 0 Å². The van der Waals surface area contributed by atoms with E-state index in [0.29, 0.717) is 17.8 Å². The van der Waals surface area contributed by atoms with Crippen LogP contribution in [0.2, 0.25) is 0 Å². The minimum atomic E-state index is -5.97. The molecule has 0 unspecified atom stereocenters. The van der Waals surface area contributed by atoms with Gasteiger partial charge in [0.1, 0.15) is 5.60 Å². The fourth-order valence-corrected chi connectivity index (χ4v) is 4.95. The number of ether oxygens (including phenoxy) is 3. The first kappa shape index (κ1) is 18.3. The monoisotopic (exact) mass is 384 g/mol. The fourth-order valence-electron chi connectivity index (χ4n) is 4.68. The van der Waals surface area contributed by atoms with Crippen molar-refractivity contribution in [2.45, 2.75) is 49.4 Å². The van der Waals surface area contributed by atoms with Gasteiger partial charge in [0.15, 0.2) is 0 Å². The maximum atomic E-state index is 13.0. The van der Waals surface area contributed by atoms with Gasteiger partial charge in [0, 0.05) is 0 Å². The van der Waals surface area contributed by atoms with E-state index in [0.717, 1.165) is 38.5 Å². The Hall–Kier alpha value is -1.49. The highest BCUT2D eigenvalue weighted by Gasteiger charge is 2.55. The molecule has 0 aliphatic heterocycles. The van der Waals surface area contributed by atoms with Gasteiger partial charge in [-0.15, -0.1) is 0 Å². The lowest BCUT2D eigenvalue weighted by Crippen LogP contribution is -2.52. The quantitative estimate of drug-likeness (QED) is 0.435. The molecule has 142 valence electrons. The Morgan fingerprint density at radius 2 is 1.52 bits per heavy atom. The first-order valence-electron chi connectivity index (χ1n) is 7.88. The van der Waals surface area contributed by atoms with E-state index in [1.165, 1.54) is 0 Å². The minimum absolute atomic E-state index is 0.505. The minimum Gasteiger partial charge on any atom is -0.428 e. The number of carbonyl (C=O) groups excluding carboxylic acids is 2. The average Bonchev–Trinajstić information content (AvgIpc) is 2.43. The van der Waals surface area contributed by atoms with Crippen LogP contribution in [0.25, 0.3) is 0 Å². The summed E-state index contributed by atoms with van der Waals surface area (Å²) in [4.78, 5) is 22.7. The van der Waals surface area contributed by atoms with Crippen molar-refractivity contribution in [2.24, 2.45) is 17.8 Å². The summed E-state index contributed by atoms with van der Waals surface area (Å²) in [5, 5.41) is -5.14. The summed E-state index contributed by atoms with van der Waals surface area (Å²) in [7, 11) is -5.97. The second-order valence-electron chi connectivity index (χ2n) is 7.14. The number of alkyl halides is 2. The predicted octanol–water partition coefficient (Wildman–Crippen LogP) is 2.09. The van der Waals surface area contributed by atoms with Crippen molar-refractivity contribution in [1.82, 2.24) is 0 Å². The van der Waals surface area contributed by atoms with Crippen molar-refractivity contribution >= 4 is 22.2 Å². The lowest BCUT2D eigenvalue weighted by atomic mass is 9.54. The molecule has 0 aromatic heterocycles. The van der Waals surface area contributed by atoms with E-state index >= 15 is 0 Å². The largest absolute Gasteiger partial charge is 0.511 e. The van der Waals surface area contributed by atoms with Gasteiger partial charge < -0.3 is 14.2 Å². The molecule has 0 spiro atoms. The molecule has 0 heterocycles. The molecule has 4 saturated carbocycles. The second kappa shape index (κ2) is 6.04. The van der Waals surface area contributed by atoms with E-state index < -0.39 is 39.9 Å². The van der Waals surface area contributed by atoms with Crippen LogP contribution in [0.15, 0.2) is 0 Å². The van der Waals surface area contributed by atoms with Crippen molar-refractivity contribution in [3.05, 3.63) is 0 Å². The number of hydrogen-bond donors (Lipinski definition) is 1. The summed E-state index contributed by atoms with van der Waals surface area (Å²) in [5.74, 6) is -1.03. The van der Waals surface area contributed by atoms with E-state index in [-0.39, 0.29) is 0 Å². The van der Waals surface area contributed by atoms with E-state index in [4.69, 9.17) is 9.29 Å². The van der Waals surface area contributed by atoms with Crippen LogP contribution in [-0.4, -0.2) is 42.7 Å². The van der Waals surface area contributed by atoms with Crippen molar-refractivity contribution in [3.8, 4) is 0 Å². The van der Waals surface area contributed by atoms with Gasteiger partial charge in [-0.05, 0) is 56.3 Å². The molecule has 4 aliphatic rings. The summed E-state index contributed by atoms with van der Waals surface area (Å²) >= 11 is 0. The maximum absolute atomic E-state index is 13.0. The topological polar surface area (TPSA) is 116 Å². The van der Waals surface area contributed by atoms with Gasteiger partial charge in [-0.3, -0.25) is 4.55 Å². The highest BCUT2D eigenvalue weighted by molar-refractivity contribution is 7.87. The Balaban J connectivity index is 1.49. The lowest BCUT2D eigenvalue weighted by Gasteiger charge is -2.55. The molecule has 0 aromatic carbocycles. The smallest absolute Gasteiger partial charge is 0.428 e. The first-order chi connectivity index (χ1) is 11.5. The normalized spacial score (nSPS) is 33.8. The van der Waals surface area contributed by atoms with Gasteiger partial charge in [-0.1, -0.05) is 0 Å². The molecule has 0 amide bonds. The molecule has 4 rings (SSSR count). The third kappa shape index (κ3) is 3.57. The van der Waals surface area contributed by atoms with Crippen LogP contribution >= 0.6 is 0 Å². The molecule has 8 nitrogen and oxygen atoms in total. The summed E-state index contributed by atoms with van der Waals surface area (Å²) in [6, 6.07) is 0. The third-order valence-corrected chi connectivity index (χ3v) is 6.02. The molecule has 0 radical (unpaired) electrons. The SMILES string of the molecule is O=C(OCOC(=O)C(F)(F)S(=O)(=O)O)OC12CC3CC(CC(C3)C1)C2. The average molecular weight is 384 g/mol. The van der Waals surface area contributed by atoms with Crippen molar-refractivity contribution in [1.29, 1.82) is 0 Å². The molecule has 25 heavy (non-hydrogen) atoms. The van der Waals surface area contributed by atoms with Crippen molar-refractivity contribution in [3.63, 3.8) is 0 Å². The van der Waals surface area contributed by atoms with Crippen LogP contribution in [0.5, 0.6) is 0 Å². The highest BCUT2D eigenvalue weighted by Crippen LogP contribution is 2.57. The standard InChI is InChI=1S/C14H18F2O8S/c15-14(16,25(19,20)21)11(17)22-7-23-12(18)24-13-4-8-1-9(5-13)3-10(2-8)6-13/h8-10H,1-7H2,(H,19,20,21). The zero-order valence-corrected chi connectivity index (χ0v) is 14.0. The molecule has 4 fully saturated rings. The summed E-state index contributed by atoms with van der Waals surface area (Å²) in [6.45, 7) is -1.24. The molecule has 4 aliphatic carbocycles. The molecular formula is C14H18F2O8S. The van der Waals surface area contributed by atoms with Crippen LogP contribution in [0.1, 0.15) is 38.5 Å². The molecule has 0 atom stereocenters. The maximum Gasteiger partial charge on any atom is 0.511 e. The molecule has 0 saturated heterocycles. The third-order valence-electron chi connectivity index (χ3n) is 5.21.